The maximum Gasteiger partial charge on any atom is 0.274 e. The lowest BCUT2D eigenvalue weighted by Crippen LogP contribution is -2.37. The van der Waals surface area contributed by atoms with Crippen LogP contribution < -0.4 is 10.3 Å². The normalized spacial score (nSPS) is 15.2. The van der Waals surface area contributed by atoms with Crippen LogP contribution in [0.15, 0.2) is 41.3 Å². The van der Waals surface area contributed by atoms with Crippen molar-refractivity contribution in [2.24, 2.45) is 0 Å². The summed E-state index contributed by atoms with van der Waals surface area (Å²) in [7, 11) is 1.63. The Bertz CT molecular complexity index is 721. The molecule has 0 amide bonds. The monoisotopic (exact) mass is 343 g/mol. The molecule has 3 rings (SSSR count). The van der Waals surface area contributed by atoms with E-state index < -0.39 is 0 Å². The highest BCUT2D eigenvalue weighted by atomic mass is 16.5. The summed E-state index contributed by atoms with van der Waals surface area (Å²) in [5.74, 6) is 0.779. The van der Waals surface area contributed by atoms with Crippen LogP contribution in [0.2, 0.25) is 0 Å². The van der Waals surface area contributed by atoms with E-state index in [9.17, 15) is 4.79 Å². The third-order valence-electron chi connectivity index (χ3n) is 4.51. The van der Waals surface area contributed by atoms with Crippen LogP contribution in [0, 0.1) is 0 Å². The van der Waals surface area contributed by atoms with E-state index in [2.05, 4.69) is 10.00 Å². The summed E-state index contributed by atoms with van der Waals surface area (Å²) in [4.78, 5) is 15.1. The van der Waals surface area contributed by atoms with Crippen molar-refractivity contribution in [3.8, 4) is 16.9 Å². The van der Waals surface area contributed by atoms with E-state index in [1.165, 1.54) is 0 Å². The number of aromatic nitrogens is 2. The van der Waals surface area contributed by atoms with Crippen molar-refractivity contribution >= 4 is 0 Å². The average Bonchev–Trinajstić information content (AvgIpc) is 2.67. The Morgan fingerprint density at radius 2 is 1.80 bits per heavy atom. The summed E-state index contributed by atoms with van der Waals surface area (Å²) in [5, 5.41) is 4.23. The van der Waals surface area contributed by atoms with Gasteiger partial charge in [-0.1, -0.05) is 12.1 Å². The standard InChI is InChI=1S/C19H25N3O3/c1-24-17-6-4-16(5-7-17)18-8-9-20-22(19(18)23)11-3-2-10-21-12-14-25-15-13-21/h4-9H,2-3,10-15H2,1H3. The molecule has 0 N–H and O–H groups in total. The molecule has 134 valence electrons. The quantitative estimate of drug-likeness (QED) is 0.720. The molecule has 0 bridgehead atoms. The molecule has 25 heavy (non-hydrogen) atoms. The predicted octanol–water partition coefficient (Wildman–Crippen LogP) is 2.03. The summed E-state index contributed by atoms with van der Waals surface area (Å²) in [6.45, 7) is 5.36. The fraction of sp³-hybridized carbons (Fsp3) is 0.474. The zero-order valence-corrected chi connectivity index (χ0v) is 14.7. The Hall–Kier alpha value is -2.18. The Labute approximate surface area is 148 Å². The molecule has 0 aliphatic carbocycles. The molecule has 1 aliphatic rings. The van der Waals surface area contributed by atoms with Gasteiger partial charge in [0.1, 0.15) is 5.75 Å². The number of methoxy groups -OCH3 is 1. The minimum atomic E-state index is -0.0426. The molecule has 0 saturated carbocycles. The van der Waals surface area contributed by atoms with E-state index >= 15 is 0 Å². The van der Waals surface area contributed by atoms with Gasteiger partial charge in [-0.2, -0.15) is 5.10 Å². The summed E-state index contributed by atoms with van der Waals surface area (Å²) < 4.78 is 12.1. The van der Waals surface area contributed by atoms with Crippen molar-refractivity contribution in [1.82, 2.24) is 14.7 Å². The van der Waals surface area contributed by atoms with E-state index in [1.54, 1.807) is 24.1 Å². The number of morpholine rings is 1. The van der Waals surface area contributed by atoms with Gasteiger partial charge in [-0.25, -0.2) is 4.68 Å². The first-order valence-corrected chi connectivity index (χ1v) is 8.78. The molecule has 0 unspecified atom stereocenters. The van der Waals surface area contributed by atoms with Gasteiger partial charge in [0.25, 0.3) is 5.56 Å². The van der Waals surface area contributed by atoms with Crippen molar-refractivity contribution in [2.45, 2.75) is 19.4 Å². The first-order valence-electron chi connectivity index (χ1n) is 8.78. The van der Waals surface area contributed by atoms with Crippen LogP contribution in [0.1, 0.15) is 12.8 Å². The molecule has 6 nitrogen and oxygen atoms in total. The van der Waals surface area contributed by atoms with Gasteiger partial charge in [0.05, 0.1) is 25.9 Å². The van der Waals surface area contributed by atoms with Crippen molar-refractivity contribution in [3.63, 3.8) is 0 Å². The minimum Gasteiger partial charge on any atom is -0.497 e. The van der Waals surface area contributed by atoms with Crippen molar-refractivity contribution < 1.29 is 9.47 Å². The smallest absolute Gasteiger partial charge is 0.274 e. The van der Waals surface area contributed by atoms with Crippen LogP contribution in [0.25, 0.3) is 11.1 Å². The van der Waals surface area contributed by atoms with Gasteiger partial charge in [-0.05, 0) is 43.1 Å². The Morgan fingerprint density at radius 3 is 2.52 bits per heavy atom. The molecular formula is C19H25N3O3. The molecule has 1 aromatic carbocycles. The Kier molecular flexibility index (Phi) is 6.19. The minimum absolute atomic E-state index is 0.0426. The van der Waals surface area contributed by atoms with Crippen molar-refractivity contribution in [3.05, 3.63) is 46.9 Å². The summed E-state index contributed by atoms with van der Waals surface area (Å²) >= 11 is 0. The van der Waals surface area contributed by atoms with Gasteiger partial charge in [-0.3, -0.25) is 9.69 Å². The Balaban J connectivity index is 1.59. The highest BCUT2D eigenvalue weighted by molar-refractivity contribution is 5.62. The molecule has 0 radical (unpaired) electrons. The average molecular weight is 343 g/mol. The number of aryl methyl sites for hydroxylation is 1. The van der Waals surface area contributed by atoms with Crippen LogP contribution in [-0.4, -0.2) is 54.6 Å². The van der Waals surface area contributed by atoms with Gasteiger partial charge >= 0.3 is 0 Å². The number of unbranched alkanes of at least 4 members (excludes halogenated alkanes) is 1. The van der Waals surface area contributed by atoms with Crippen LogP contribution in [-0.2, 0) is 11.3 Å². The molecule has 1 saturated heterocycles. The highest BCUT2D eigenvalue weighted by Crippen LogP contribution is 2.19. The maximum absolute atomic E-state index is 12.7. The maximum atomic E-state index is 12.7. The van der Waals surface area contributed by atoms with E-state index in [1.807, 2.05) is 24.3 Å². The number of benzene rings is 1. The fourth-order valence-corrected chi connectivity index (χ4v) is 3.02. The lowest BCUT2D eigenvalue weighted by molar-refractivity contribution is 0.0370. The second kappa shape index (κ2) is 8.78. The lowest BCUT2D eigenvalue weighted by Gasteiger charge is -2.26. The van der Waals surface area contributed by atoms with Crippen LogP contribution in [0.4, 0.5) is 0 Å². The molecule has 0 spiro atoms. The van der Waals surface area contributed by atoms with Crippen molar-refractivity contribution in [2.75, 3.05) is 40.0 Å². The molecular weight excluding hydrogens is 318 g/mol. The number of rotatable bonds is 7. The topological polar surface area (TPSA) is 56.6 Å². The number of ether oxygens (including phenoxy) is 2. The van der Waals surface area contributed by atoms with Crippen molar-refractivity contribution in [1.29, 1.82) is 0 Å². The van der Waals surface area contributed by atoms with Gasteiger partial charge < -0.3 is 9.47 Å². The molecule has 0 atom stereocenters. The summed E-state index contributed by atoms with van der Waals surface area (Å²) in [6, 6.07) is 9.30. The Morgan fingerprint density at radius 1 is 1.08 bits per heavy atom. The number of hydrogen-bond acceptors (Lipinski definition) is 5. The zero-order chi connectivity index (χ0) is 17.5. The predicted molar refractivity (Wildman–Crippen MR) is 97.0 cm³/mol. The summed E-state index contributed by atoms with van der Waals surface area (Å²) in [5.41, 5.74) is 1.51. The highest BCUT2D eigenvalue weighted by Gasteiger charge is 2.10. The van der Waals surface area contributed by atoms with Gasteiger partial charge in [0.15, 0.2) is 0 Å². The largest absolute Gasteiger partial charge is 0.497 e. The third-order valence-corrected chi connectivity index (χ3v) is 4.51. The van der Waals surface area contributed by atoms with E-state index in [4.69, 9.17) is 9.47 Å². The molecule has 2 heterocycles. The van der Waals surface area contributed by atoms with Crippen LogP contribution in [0.3, 0.4) is 0 Å². The van der Waals surface area contributed by atoms with Gasteiger partial charge in [-0.15, -0.1) is 0 Å². The van der Waals surface area contributed by atoms with E-state index in [-0.39, 0.29) is 5.56 Å². The molecule has 1 fully saturated rings. The first-order chi connectivity index (χ1) is 12.3. The molecule has 6 heteroatoms. The second-order valence-electron chi connectivity index (χ2n) is 6.16. The second-order valence-corrected chi connectivity index (χ2v) is 6.16. The SMILES string of the molecule is COc1ccc(-c2ccnn(CCCCN3CCOCC3)c2=O)cc1. The lowest BCUT2D eigenvalue weighted by atomic mass is 10.1. The molecule has 1 aliphatic heterocycles. The van der Waals surface area contributed by atoms with Crippen LogP contribution in [0.5, 0.6) is 5.75 Å². The fourth-order valence-electron chi connectivity index (χ4n) is 3.02. The van der Waals surface area contributed by atoms with E-state index in [0.29, 0.717) is 12.1 Å². The molecule has 2 aromatic rings. The summed E-state index contributed by atoms with van der Waals surface area (Å²) in [6.07, 6.45) is 3.69. The van der Waals surface area contributed by atoms with E-state index in [0.717, 1.165) is 57.0 Å². The molecule has 1 aromatic heterocycles. The number of hydrogen-bond donors (Lipinski definition) is 0. The number of nitrogens with zero attached hydrogens (tertiary/aromatic N) is 3. The van der Waals surface area contributed by atoms with Gasteiger partial charge in [0.2, 0.25) is 0 Å². The third kappa shape index (κ3) is 4.67. The zero-order valence-electron chi connectivity index (χ0n) is 14.7. The van der Waals surface area contributed by atoms with Gasteiger partial charge in [0, 0.05) is 25.8 Å². The first kappa shape index (κ1) is 17.6. The van der Waals surface area contributed by atoms with Crippen LogP contribution >= 0.6 is 0 Å².